The fraction of sp³-hybridized carbons (Fsp3) is 0.105. The highest BCUT2D eigenvalue weighted by atomic mass is 16.5. The zero-order valence-corrected chi connectivity index (χ0v) is 14.5. The first-order valence-corrected chi connectivity index (χ1v) is 8.19. The predicted octanol–water partition coefficient (Wildman–Crippen LogP) is 3.41. The number of benzene rings is 2. The summed E-state index contributed by atoms with van der Waals surface area (Å²) < 4.78 is 4.96. The van der Waals surface area contributed by atoms with Crippen LogP contribution in [0, 0.1) is 11.3 Å². The van der Waals surface area contributed by atoms with Crippen molar-refractivity contribution in [2.75, 3.05) is 17.2 Å². The molecule has 0 bridgehead atoms. The standard InChI is InChI=1S/C19H16N6O2/c1-2-27-18(26)14-5-9-15(10-6-14)22-17-12-21-25-19(24-17)23-16-7-3-13(11-20)4-8-16/h3-10,12H,2H2,1H3,(H2,22,23,24,25). The lowest BCUT2D eigenvalue weighted by Crippen LogP contribution is -2.05. The molecule has 0 fully saturated rings. The van der Waals surface area contributed by atoms with Gasteiger partial charge in [-0.3, -0.25) is 0 Å². The van der Waals surface area contributed by atoms with Crippen molar-refractivity contribution in [2.24, 2.45) is 0 Å². The van der Waals surface area contributed by atoms with Crippen LogP contribution in [0.1, 0.15) is 22.8 Å². The summed E-state index contributed by atoms with van der Waals surface area (Å²) >= 11 is 0. The smallest absolute Gasteiger partial charge is 0.338 e. The lowest BCUT2D eigenvalue weighted by Gasteiger charge is -2.08. The summed E-state index contributed by atoms with van der Waals surface area (Å²) in [6.45, 7) is 2.10. The number of carbonyl (C=O) groups is 1. The fourth-order valence-electron chi connectivity index (χ4n) is 2.23. The highest BCUT2D eigenvalue weighted by Crippen LogP contribution is 2.18. The molecule has 2 aromatic carbocycles. The minimum Gasteiger partial charge on any atom is -0.462 e. The van der Waals surface area contributed by atoms with Crippen LogP contribution in [0.3, 0.4) is 0 Å². The molecular weight excluding hydrogens is 344 g/mol. The van der Waals surface area contributed by atoms with Crippen molar-refractivity contribution >= 4 is 29.1 Å². The number of hydrogen-bond acceptors (Lipinski definition) is 8. The van der Waals surface area contributed by atoms with E-state index >= 15 is 0 Å². The van der Waals surface area contributed by atoms with E-state index in [0.717, 1.165) is 11.4 Å². The molecule has 0 radical (unpaired) electrons. The number of hydrogen-bond donors (Lipinski definition) is 2. The maximum Gasteiger partial charge on any atom is 0.338 e. The van der Waals surface area contributed by atoms with E-state index in [1.165, 1.54) is 6.20 Å². The molecule has 0 aliphatic heterocycles. The van der Waals surface area contributed by atoms with Gasteiger partial charge < -0.3 is 15.4 Å². The molecule has 1 heterocycles. The van der Waals surface area contributed by atoms with Gasteiger partial charge >= 0.3 is 5.97 Å². The van der Waals surface area contributed by atoms with Crippen molar-refractivity contribution < 1.29 is 9.53 Å². The van der Waals surface area contributed by atoms with Gasteiger partial charge in [0.1, 0.15) is 0 Å². The van der Waals surface area contributed by atoms with Gasteiger partial charge in [-0.25, -0.2) is 4.79 Å². The van der Waals surface area contributed by atoms with Gasteiger partial charge in [0, 0.05) is 11.4 Å². The van der Waals surface area contributed by atoms with Gasteiger partial charge in [-0.05, 0) is 55.5 Å². The number of nitrogens with zero attached hydrogens (tertiary/aromatic N) is 4. The lowest BCUT2D eigenvalue weighted by molar-refractivity contribution is 0.0526. The number of anilines is 4. The Hall–Kier alpha value is -3.99. The number of carbonyl (C=O) groups excluding carboxylic acids is 1. The quantitative estimate of drug-likeness (QED) is 0.643. The maximum atomic E-state index is 11.7. The largest absolute Gasteiger partial charge is 0.462 e. The van der Waals surface area contributed by atoms with Crippen LogP contribution in [0.15, 0.2) is 54.7 Å². The molecule has 1 aromatic heterocycles. The van der Waals surface area contributed by atoms with Crippen molar-refractivity contribution in [1.82, 2.24) is 15.2 Å². The van der Waals surface area contributed by atoms with Crippen LogP contribution in [0.4, 0.5) is 23.1 Å². The van der Waals surface area contributed by atoms with Crippen LogP contribution in [0.5, 0.6) is 0 Å². The van der Waals surface area contributed by atoms with Crippen molar-refractivity contribution in [1.29, 1.82) is 5.26 Å². The monoisotopic (exact) mass is 360 g/mol. The predicted molar refractivity (Wildman–Crippen MR) is 99.9 cm³/mol. The van der Waals surface area contributed by atoms with Gasteiger partial charge in [-0.1, -0.05) is 0 Å². The molecule has 27 heavy (non-hydrogen) atoms. The lowest BCUT2D eigenvalue weighted by atomic mass is 10.2. The second-order valence-corrected chi connectivity index (χ2v) is 5.40. The Labute approximate surface area is 155 Å². The maximum absolute atomic E-state index is 11.7. The summed E-state index contributed by atoms with van der Waals surface area (Å²) in [5, 5.41) is 22.8. The molecular formula is C19H16N6O2. The van der Waals surface area contributed by atoms with Crippen molar-refractivity contribution in [3.8, 4) is 6.07 Å². The molecule has 0 aliphatic rings. The highest BCUT2D eigenvalue weighted by Gasteiger charge is 2.07. The molecule has 0 unspecified atom stereocenters. The van der Waals surface area contributed by atoms with Crippen LogP contribution in [0.25, 0.3) is 0 Å². The van der Waals surface area contributed by atoms with Crippen molar-refractivity contribution in [3.63, 3.8) is 0 Å². The van der Waals surface area contributed by atoms with Crippen LogP contribution in [0.2, 0.25) is 0 Å². The molecule has 0 amide bonds. The second-order valence-electron chi connectivity index (χ2n) is 5.40. The van der Waals surface area contributed by atoms with Crippen molar-refractivity contribution in [3.05, 3.63) is 65.9 Å². The number of ether oxygens (including phenoxy) is 1. The summed E-state index contributed by atoms with van der Waals surface area (Å²) in [6, 6.07) is 15.8. The van der Waals surface area contributed by atoms with Crippen LogP contribution in [-0.2, 0) is 4.74 Å². The molecule has 0 spiro atoms. The summed E-state index contributed by atoms with van der Waals surface area (Å²) in [4.78, 5) is 16.0. The average molecular weight is 360 g/mol. The minimum absolute atomic E-state index is 0.313. The molecule has 0 atom stereocenters. The first kappa shape index (κ1) is 17.8. The van der Waals surface area contributed by atoms with Gasteiger partial charge in [-0.15, -0.1) is 5.10 Å². The zero-order chi connectivity index (χ0) is 19.1. The van der Waals surface area contributed by atoms with Crippen molar-refractivity contribution in [2.45, 2.75) is 6.92 Å². The minimum atomic E-state index is -0.360. The second kappa shape index (κ2) is 8.40. The number of nitriles is 1. The van der Waals surface area contributed by atoms with E-state index in [-0.39, 0.29) is 5.97 Å². The molecule has 2 N–H and O–H groups in total. The third-order valence-corrected chi connectivity index (χ3v) is 3.50. The Bertz CT molecular complexity index is 965. The van der Waals surface area contributed by atoms with E-state index in [4.69, 9.17) is 10.00 Å². The van der Waals surface area contributed by atoms with Crippen LogP contribution in [-0.4, -0.2) is 27.8 Å². The molecule has 0 saturated carbocycles. The summed E-state index contributed by atoms with van der Waals surface area (Å²) in [5.41, 5.74) is 2.53. The van der Waals surface area contributed by atoms with Gasteiger partial charge in [0.15, 0.2) is 5.82 Å². The Morgan fingerprint density at radius 3 is 2.41 bits per heavy atom. The van der Waals surface area contributed by atoms with E-state index in [0.29, 0.717) is 29.5 Å². The molecule has 3 rings (SSSR count). The normalized spacial score (nSPS) is 9.93. The fourth-order valence-corrected chi connectivity index (χ4v) is 2.23. The van der Waals surface area contributed by atoms with Gasteiger partial charge in [0.05, 0.1) is 30.0 Å². The Kier molecular flexibility index (Phi) is 5.54. The Morgan fingerprint density at radius 1 is 1.07 bits per heavy atom. The topological polar surface area (TPSA) is 113 Å². The van der Waals surface area contributed by atoms with E-state index in [9.17, 15) is 4.79 Å². The Balaban J connectivity index is 1.68. The highest BCUT2D eigenvalue weighted by molar-refractivity contribution is 5.89. The van der Waals surface area contributed by atoms with Gasteiger partial charge in [-0.2, -0.15) is 15.3 Å². The number of aromatic nitrogens is 3. The van der Waals surface area contributed by atoms with Crippen LogP contribution >= 0.6 is 0 Å². The third kappa shape index (κ3) is 4.76. The molecule has 0 aliphatic carbocycles. The van der Waals surface area contributed by atoms with Gasteiger partial charge in [0.2, 0.25) is 5.95 Å². The first-order valence-electron chi connectivity index (χ1n) is 8.19. The van der Waals surface area contributed by atoms with Crippen LogP contribution < -0.4 is 10.6 Å². The molecule has 134 valence electrons. The summed E-state index contributed by atoms with van der Waals surface area (Å²) in [6.07, 6.45) is 1.49. The zero-order valence-electron chi connectivity index (χ0n) is 14.5. The number of esters is 1. The van der Waals surface area contributed by atoms with E-state index < -0.39 is 0 Å². The molecule has 8 heteroatoms. The van der Waals surface area contributed by atoms with E-state index in [1.54, 1.807) is 55.5 Å². The average Bonchev–Trinajstić information content (AvgIpc) is 2.70. The van der Waals surface area contributed by atoms with Gasteiger partial charge in [0.25, 0.3) is 0 Å². The first-order chi connectivity index (χ1) is 13.2. The summed E-state index contributed by atoms with van der Waals surface area (Å²) in [5.74, 6) is 0.444. The molecule has 3 aromatic rings. The summed E-state index contributed by atoms with van der Waals surface area (Å²) in [7, 11) is 0. The third-order valence-electron chi connectivity index (χ3n) is 3.50. The SMILES string of the molecule is CCOC(=O)c1ccc(Nc2cnnc(Nc3ccc(C#N)cc3)n2)cc1. The molecule has 8 nitrogen and oxygen atoms in total. The molecule has 0 saturated heterocycles. The number of nitrogens with one attached hydrogen (secondary N) is 2. The Morgan fingerprint density at radius 2 is 1.74 bits per heavy atom. The number of rotatable bonds is 6. The van der Waals surface area contributed by atoms with E-state index in [2.05, 4.69) is 31.9 Å². The van der Waals surface area contributed by atoms with E-state index in [1.807, 2.05) is 0 Å².